The zero-order chi connectivity index (χ0) is 8.65. The molecule has 0 amide bonds. The van der Waals surface area contributed by atoms with Crippen LogP contribution in [0.2, 0.25) is 0 Å². The summed E-state index contributed by atoms with van der Waals surface area (Å²) in [7, 11) is 0. The average molecular weight is 163 g/mol. The number of hydroxylamine groups is 2. The molecule has 0 aromatic heterocycles. The van der Waals surface area contributed by atoms with E-state index < -0.39 is 12.5 Å². The number of aliphatic hydroxyl groups excluding tert-OH is 1. The molecule has 0 radical (unpaired) electrons. The van der Waals surface area contributed by atoms with E-state index in [1.807, 2.05) is 20.8 Å². The van der Waals surface area contributed by atoms with Crippen LogP contribution in [0.5, 0.6) is 0 Å². The minimum Gasteiger partial charge on any atom is -0.386 e. The zero-order valence-electron chi connectivity index (χ0n) is 7.04. The van der Waals surface area contributed by atoms with Gasteiger partial charge < -0.3 is 5.11 Å². The van der Waals surface area contributed by atoms with Crippen LogP contribution in [0.4, 0.5) is 4.39 Å². The van der Waals surface area contributed by atoms with Gasteiger partial charge in [-0.25, -0.2) is 4.39 Å². The van der Waals surface area contributed by atoms with Crippen molar-refractivity contribution in [3.05, 3.63) is 0 Å². The lowest BCUT2D eigenvalue weighted by Crippen LogP contribution is -2.39. The van der Waals surface area contributed by atoms with Gasteiger partial charge in [-0.15, -0.1) is 0 Å². The van der Waals surface area contributed by atoms with Crippen molar-refractivity contribution in [3.8, 4) is 0 Å². The molecule has 2 atom stereocenters. The smallest absolute Gasteiger partial charge is 0.244 e. The van der Waals surface area contributed by atoms with E-state index in [4.69, 9.17) is 9.94 Å². The molecular weight excluding hydrogens is 149 g/mol. The maximum atomic E-state index is 12.6. The highest BCUT2D eigenvalue weighted by atomic mass is 19.1. The normalized spacial score (nSPS) is 34.6. The third kappa shape index (κ3) is 1.89. The van der Waals surface area contributed by atoms with Crippen molar-refractivity contribution in [2.75, 3.05) is 6.54 Å². The molecule has 1 aliphatic rings. The Morgan fingerprint density at radius 3 is 2.27 bits per heavy atom. The number of halogens is 1. The molecule has 1 rings (SSSR count). The Labute approximate surface area is 65.7 Å². The van der Waals surface area contributed by atoms with E-state index in [1.54, 1.807) is 0 Å². The topological polar surface area (TPSA) is 32.7 Å². The summed E-state index contributed by atoms with van der Waals surface area (Å²) >= 11 is 0. The second-order valence-electron chi connectivity index (χ2n) is 3.76. The van der Waals surface area contributed by atoms with Gasteiger partial charge in [0.15, 0.2) is 0 Å². The van der Waals surface area contributed by atoms with E-state index in [0.29, 0.717) is 0 Å². The van der Waals surface area contributed by atoms with Crippen LogP contribution in [0.25, 0.3) is 0 Å². The SMILES string of the molecule is CC(C)(C)N1CC(O)C(F)O1. The monoisotopic (exact) mass is 163 g/mol. The van der Waals surface area contributed by atoms with Crippen molar-refractivity contribution >= 4 is 0 Å². The highest BCUT2D eigenvalue weighted by molar-refractivity contribution is 4.78. The van der Waals surface area contributed by atoms with Crippen molar-refractivity contribution in [3.63, 3.8) is 0 Å². The number of nitrogens with zero attached hydrogens (tertiary/aromatic N) is 1. The lowest BCUT2D eigenvalue weighted by Gasteiger charge is -2.28. The van der Waals surface area contributed by atoms with Crippen LogP contribution in [-0.4, -0.2) is 34.7 Å². The Hall–Kier alpha value is -0.190. The Morgan fingerprint density at radius 2 is 2.09 bits per heavy atom. The first kappa shape index (κ1) is 8.90. The summed E-state index contributed by atoms with van der Waals surface area (Å²) in [4.78, 5) is 4.75. The summed E-state index contributed by atoms with van der Waals surface area (Å²) in [6.45, 7) is 5.94. The summed E-state index contributed by atoms with van der Waals surface area (Å²) in [5.74, 6) is 0. The molecule has 1 fully saturated rings. The van der Waals surface area contributed by atoms with Gasteiger partial charge in [-0.05, 0) is 20.8 Å². The molecule has 0 aromatic rings. The van der Waals surface area contributed by atoms with Gasteiger partial charge in [0.25, 0.3) is 0 Å². The quantitative estimate of drug-likeness (QED) is 0.570. The van der Waals surface area contributed by atoms with Gasteiger partial charge in [0.05, 0.1) is 6.54 Å². The number of rotatable bonds is 0. The second kappa shape index (κ2) is 2.69. The molecule has 1 saturated heterocycles. The van der Waals surface area contributed by atoms with Crippen LogP contribution in [0, 0.1) is 0 Å². The van der Waals surface area contributed by atoms with Gasteiger partial charge in [0, 0.05) is 5.54 Å². The largest absolute Gasteiger partial charge is 0.386 e. The number of alkyl halides is 1. The van der Waals surface area contributed by atoms with Crippen molar-refractivity contribution in [2.24, 2.45) is 0 Å². The van der Waals surface area contributed by atoms with Crippen LogP contribution in [0.15, 0.2) is 0 Å². The first-order valence-corrected chi connectivity index (χ1v) is 3.68. The molecule has 1 N–H and O–H groups in total. The molecule has 0 bridgehead atoms. The van der Waals surface area contributed by atoms with Gasteiger partial charge in [-0.1, -0.05) is 0 Å². The first-order chi connectivity index (χ1) is 4.91. The second-order valence-corrected chi connectivity index (χ2v) is 3.76. The standard InChI is InChI=1S/C7H14FNO2/c1-7(2,3)9-4-5(10)6(8)11-9/h5-6,10H,4H2,1-3H3. The van der Waals surface area contributed by atoms with Gasteiger partial charge >= 0.3 is 0 Å². The summed E-state index contributed by atoms with van der Waals surface area (Å²) in [6.07, 6.45) is -2.57. The fraction of sp³-hybridized carbons (Fsp3) is 1.00. The summed E-state index contributed by atoms with van der Waals surface area (Å²) < 4.78 is 12.6. The fourth-order valence-corrected chi connectivity index (χ4v) is 0.920. The van der Waals surface area contributed by atoms with Crippen LogP contribution < -0.4 is 0 Å². The molecule has 0 aliphatic carbocycles. The Morgan fingerprint density at radius 1 is 1.55 bits per heavy atom. The summed E-state index contributed by atoms with van der Waals surface area (Å²) in [5.41, 5.74) is -0.248. The number of hydrogen-bond donors (Lipinski definition) is 1. The zero-order valence-corrected chi connectivity index (χ0v) is 7.04. The highest BCUT2D eigenvalue weighted by Gasteiger charge is 2.38. The van der Waals surface area contributed by atoms with Crippen molar-refractivity contribution in [2.45, 2.75) is 38.8 Å². The van der Waals surface area contributed by atoms with Gasteiger partial charge in [-0.3, -0.25) is 4.84 Å². The molecule has 0 saturated carbocycles. The van der Waals surface area contributed by atoms with Crippen LogP contribution in [0.1, 0.15) is 20.8 Å². The lowest BCUT2D eigenvalue weighted by atomic mass is 10.1. The van der Waals surface area contributed by atoms with Crippen molar-refractivity contribution in [1.29, 1.82) is 0 Å². The molecule has 2 unspecified atom stereocenters. The molecular formula is C7H14FNO2. The molecule has 4 heteroatoms. The van der Waals surface area contributed by atoms with Crippen LogP contribution in [-0.2, 0) is 4.84 Å². The Kier molecular flexibility index (Phi) is 2.18. The average Bonchev–Trinajstić information content (AvgIpc) is 2.11. The predicted molar refractivity (Wildman–Crippen MR) is 38.4 cm³/mol. The van der Waals surface area contributed by atoms with Crippen molar-refractivity contribution < 1.29 is 14.3 Å². The van der Waals surface area contributed by atoms with Crippen LogP contribution in [0.3, 0.4) is 0 Å². The minimum atomic E-state index is -1.56. The minimum absolute atomic E-state index is 0.241. The third-order valence-electron chi connectivity index (χ3n) is 1.63. The molecule has 0 spiro atoms. The number of aliphatic hydroxyl groups is 1. The summed E-state index contributed by atoms with van der Waals surface area (Å²) in [5, 5.41) is 10.5. The van der Waals surface area contributed by atoms with Gasteiger partial charge in [-0.2, -0.15) is 5.06 Å². The maximum Gasteiger partial charge on any atom is 0.244 e. The van der Waals surface area contributed by atoms with E-state index in [1.165, 1.54) is 5.06 Å². The fourth-order valence-electron chi connectivity index (χ4n) is 0.920. The van der Waals surface area contributed by atoms with E-state index >= 15 is 0 Å². The molecule has 1 aliphatic heterocycles. The summed E-state index contributed by atoms with van der Waals surface area (Å²) in [6, 6.07) is 0. The van der Waals surface area contributed by atoms with E-state index in [0.717, 1.165) is 0 Å². The van der Waals surface area contributed by atoms with Crippen LogP contribution >= 0.6 is 0 Å². The highest BCUT2D eigenvalue weighted by Crippen LogP contribution is 2.23. The van der Waals surface area contributed by atoms with E-state index in [-0.39, 0.29) is 12.1 Å². The Bertz CT molecular complexity index is 136. The van der Waals surface area contributed by atoms with E-state index in [9.17, 15) is 4.39 Å². The molecule has 3 nitrogen and oxygen atoms in total. The first-order valence-electron chi connectivity index (χ1n) is 3.68. The number of hydrogen-bond acceptors (Lipinski definition) is 3. The van der Waals surface area contributed by atoms with E-state index in [2.05, 4.69) is 0 Å². The molecule has 11 heavy (non-hydrogen) atoms. The van der Waals surface area contributed by atoms with Crippen molar-refractivity contribution in [1.82, 2.24) is 5.06 Å². The lowest BCUT2D eigenvalue weighted by molar-refractivity contribution is -0.228. The third-order valence-corrected chi connectivity index (χ3v) is 1.63. The number of β-amino-alcohol motifs (C(OH)–C–C–N with tert-alkyl or cyclic N) is 1. The van der Waals surface area contributed by atoms with Gasteiger partial charge in [0.1, 0.15) is 6.10 Å². The molecule has 66 valence electrons. The maximum absolute atomic E-state index is 12.6. The molecule has 1 heterocycles. The van der Waals surface area contributed by atoms with Gasteiger partial charge in [0.2, 0.25) is 6.36 Å². The molecule has 0 aromatic carbocycles. The predicted octanol–water partition coefficient (Wildman–Crippen LogP) is 0.689. The Balaban J connectivity index is 2.54.